The molecule has 0 atom stereocenters. The molecule has 1 saturated carbocycles. The van der Waals surface area contributed by atoms with Crippen molar-refractivity contribution in [3.63, 3.8) is 0 Å². The van der Waals surface area contributed by atoms with Gasteiger partial charge in [-0.25, -0.2) is 0 Å². The second kappa shape index (κ2) is 9.91. The summed E-state index contributed by atoms with van der Waals surface area (Å²) in [5, 5.41) is 9.27. The van der Waals surface area contributed by atoms with Crippen LogP contribution >= 0.6 is 0 Å². The van der Waals surface area contributed by atoms with E-state index in [2.05, 4.69) is 51.3 Å². The third-order valence-electron chi connectivity index (χ3n) is 5.61. The van der Waals surface area contributed by atoms with Gasteiger partial charge in [0, 0.05) is 31.1 Å². The van der Waals surface area contributed by atoms with Gasteiger partial charge in [0.1, 0.15) is 0 Å². The molecule has 1 aliphatic rings. The number of hydrogen-bond acceptors (Lipinski definition) is 3. The number of nitrogens with one attached hydrogen (secondary N) is 3. The van der Waals surface area contributed by atoms with Crippen molar-refractivity contribution in [1.29, 1.82) is 0 Å². The predicted octanol–water partition coefficient (Wildman–Crippen LogP) is 1.69. The van der Waals surface area contributed by atoms with Gasteiger partial charge in [0.15, 0.2) is 5.96 Å². The number of guanidine groups is 1. The fraction of sp³-hybridized carbons (Fsp3) is 0.348. The van der Waals surface area contributed by atoms with Gasteiger partial charge in [0.05, 0.1) is 6.54 Å². The molecule has 30 heavy (non-hydrogen) atoms. The van der Waals surface area contributed by atoms with E-state index >= 15 is 0 Å². The lowest BCUT2D eigenvalue weighted by Gasteiger charge is -2.43. The van der Waals surface area contributed by atoms with Crippen LogP contribution in [0.4, 0.5) is 0 Å². The molecule has 1 fully saturated rings. The van der Waals surface area contributed by atoms with Gasteiger partial charge in [0.25, 0.3) is 5.91 Å². The van der Waals surface area contributed by atoms with E-state index in [1.165, 1.54) is 24.8 Å². The molecule has 0 radical (unpaired) electrons. The number of aliphatic imine (C=N–C) groups is 1. The van der Waals surface area contributed by atoms with Gasteiger partial charge >= 0.3 is 0 Å². The largest absolute Gasteiger partial charge is 0.368 e. The highest BCUT2D eigenvalue weighted by Crippen LogP contribution is 2.43. The van der Waals surface area contributed by atoms with Crippen LogP contribution in [0.2, 0.25) is 0 Å². The Morgan fingerprint density at radius 2 is 1.70 bits per heavy atom. The Balaban J connectivity index is 1.51. The first-order valence-corrected chi connectivity index (χ1v) is 10.2. The summed E-state index contributed by atoms with van der Waals surface area (Å²) < 4.78 is 0. The number of carbonyl (C=O) groups excluding carboxylic acids is 2. The summed E-state index contributed by atoms with van der Waals surface area (Å²) in [7, 11) is 1.76. The molecular formula is C23H29N5O2. The van der Waals surface area contributed by atoms with Crippen molar-refractivity contribution in [3.8, 4) is 0 Å². The number of primary amides is 1. The predicted molar refractivity (Wildman–Crippen MR) is 118 cm³/mol. The molecule has 2 aromatic carbocycles. The molecule has 1 aliphatic carbocycles. The number of amides is 2. The van der Waals surface area contributed by atoms with Gasteiger partial charge in [-0.1, -0.05) is 48.9 Å². The lowest BCUT2D eigenvalue weighted by Crippen LogP contribution is -2.48. The third-order valence-corrected chi connectivity index (χ3v) is 5.61. The minimum absolute atomic E-state index is 0.172. The lowest BCUT2D eigenvalue weighted by atomic mass is 9.64. The summed E-state index contributed by atoms with van der Waals surface area (Å²) in [5.41, 5.74) is 8.10. The zero-order chi connectivity index (χ0) is 21.4. The standard InChI is InChI=1S/C23H29N5O2/c1-25-22(28-16-23(12-5-13-23)19-6-3-2-4-7-19)27-14-17-8-10-18(11-9-17)21(30)26-15-20(24)29/h2-4,6-11H,5,12-16H2,1H3,(H2,24,29)(H,26,30)(H2,25,27,28). The van der Waals surface area contributed by atoms with E-state index in [1.54, 1.807) is 19.2 Å². The highest BCUT2D eigenvalue weighted by atomic mass is 16.2. The molecule has 7 nitrogen and oxygen atoms in total. The molecule has 0 spiro atoms. The fourth-order valence-corrected chi connectivity index (χ4v) is 3.67. The fourth-order valence-electron chi connectivity index (χ4n) is 3.67. The molecule has 2 amide bonds. The number of benzene rings is 2. The van der Waals surface area contributed by atoms with E-state index in [4.69, 9.17) is 5.73 Å². The summed E-state index contributed by atoms with van der Waals surface area (Å²) in [6, 6.07) is 17.9. The van der Waals surface area contributed by atoms with Gasteiger partial charge in [-0.3, -0.25) is 14.6 Å². The number of nitrogens with zero attached hydrogens (tertiary/aromatic N) is 1. The number of hydrogen-bond donors (Lipinski definition) is 4. The van der Waals surface area contributed by atoms with Gasteiger partial charge < -0.3 is 21.7 Å². The van der Waals surface area contributed by atoms with Crippen molar-refractivity contribution in [3.05, 3.63) is 71.3 Å². The smallest absolute Gasteiger partial charge is 0.251 e. The summed E-state index contributed by atoms with van der Waals surface area (Å²) in [4.78, 5) is 27.0. The van der Waals surface area contributed by atoms with Crippen LogP contribution in [0.1, 0.15) is 40.7 Å². The minimum Gasteiger partial charge on any atom is -0.368 e. The van der Waals surface area contributed by atoms with E-state index in [1.807, 2.05) is 12.1 Å². The Morgan fingerprint density at radius 3 is 2.27 bits per heavy atom. The quantitative estimate of drug-likeness (QED) is 0.394. The first-order valence-electron chi connectivity index (χ1n) is 10.2. The summed E-state index contributed by atoms with van der Waals surface area (Å²) in [5.74, 6) is -0.142. The highest BCUT2D eigenvalue weighted by Gasteiger charge is 2.38. The lowest BCUT2D eigenvalue weighted by molar-refractivity contribution is -0.117. The second-order valence-corrected chi connectivity index (χ2v) is 7.63. The van der Waals surface area contributed by atoms with Crippen molar-refractivity contribution in [2.24, 2.45) is 10.7 Å². The number of carbonyl (C=O) groups is 2. The molecule has 158 valence electrons. The maximum absolute atomic E-state index is 11.9. The van der Waals surface area contributed by atoms with Crippen molar-refractivity contribution in [2.45, 2.75) is 31.2 Å². The van der Waals surface area contributed by atoms with Crippen LogP contribution in [0, 0.1) is 0 Å². The Bertz CT molecular complexity index is 890. The van der Waals surface area contributed by atoms with Crippen LogP contribution in [0.15, 0.2) is 59.6 Å². The van der Waals surface area contributed by atoms with Crippen molar-refractivity contribution >= 4 is 17.8 Å². The number of nitrogens with two attached hydrogens (primary N) is 1. The second-order valence-electron chi connectivity index (χ2n) is 7.63. The zero-order valence-corrected chi connectivity index (χ0v) is 17.3. The topological polar surface area (TPSA) is 109 Å². The molecule has 0 aromatic heterocycles. The summed E-state index contributed by atoms with van der Waals surface area (Å²) in [6.07, 6.45) is 3.61. The molecule has 0 saturated heterocycles. The average molecular weight is 408 g/mol. The normalized spacial score (nSPS) is 15.0. The molecule has 2 aromatic rings. The molecular weight excluding hydrogens is 378 g/mol. The molecule has 7 heteroatoms. The first kappa shape index (κ1) is 21.4. The van der Waals surface area contributed by atoms with E-state index in [9.17, 15) is 9.59 Å². The van der Waals surface area contributed by atoms with Crippen LogP contribution in [0.5, 0.6) is 0 Å². The zero-order valence-electron chi connectivity index (χ0n) is 17.3. The maximum atomic E-state index is 11.9. The van der Waals surface area contributed by atoms with Gasteiger partial charge in [0.2, 0.25) is 5.91 Å². The van der Waals surface area contributed by atoms with Crippen molar-refractivity contribution in [2.75, 3.05) is 20.1 Å². The number of rotatable bonds is 8. The SMILES string of the molecule is CN=C(NCc1ccc(C(=O)NCC(N)=O)cc1)NCC1(c2ccccc2)CCC1. The van der Waals surface area contributed by atoms with Crippen molar-refractivity contribution < 1.29 is 9.59 Å². The van der Waals surface area contributed by atoms with Gasteiger partial charge in [-0.15, -0.1) is 0 Å². The Labute approximate surface area is 177 Å². The van der Waals surface area contributed by atoms with E-state index in [0.29, 0.717) is 12.1 Å². The molecule has 3 rings (SSSR count). The van der Waals surface area contributed by atoms with E-state index in [0.717, 1.165) is 18.1 Å². The molecule has 5 N–H and O–H groups in total. The Kier molecular flexibility index (Phi) is 7.06. The van der Waals surface area contributed by atoms with Crippen LogP contribution in [0.3, 0.4) is 0 Å². The minimum atomic E-state index is -0.570. The highest BCUT2D eigenvalue weighted by molar-refractivity contribution is 5.96. The van der Waals surface area contributed by atoms with Crippen LogP contribution in [-0.2, 0) is 16.8 Å². The maximum Gasteiger partial charge on any atom is 0.251 e. The molecule has 0 bridgehead atoms. The van der Waals surface area contributed by atoms with Crippen LogP contribution in [-0.4, -0.2) is 37.9 Å². The van der Waals surface area contributed by atoms with Gasteiger partial charge in [-0.2, -0.15) is 0 Å². The molecule has 0 aliphatic heterocycles. The van der Waals surface area contributed by atoms with Crippen molar-refractivity contribution in [1.82, 2.24) is 16.0 Å². The summed E-state index contributed by atoms with van der Waals surface area (Å²) >= 11 is 0. The van der Waals surface area contributed by atoms with Gasteiger partial charge in [-0.05, 0) is 36.1 Å². The van der Waals surface area contributed by atoms with E-state index < -0.39 is 5.91 Å². The third kappa shape index (κ3) is 5.37. The molecule has 0 heterocycles. The van der Waals surface area contributed by atoms with Crippen LogP contribution in [0.25, 0.3) is 0 Å². The monoisotopic (exact) mass is 407 g/mol. The summed E-state index contributed by atoms with van der Waals surface area (Å²) in [6.45, 7) is 1.26. The Morgan fingerprint density at radius 1 is 1.00 bits per heavy atom. The van der Waals surface area contributed by atoms with Crippen LogP contribution < -0.4 is 21.7 Å². The Hall–Kier alpha value is -3.35. The van der Waals surface area contributed by atoms with E-state index in [-0.39, 0.29) is 17.9 Å². The average Bonchev–Trinajstić information content (AvgIpc) is 2.74. The first-order chi connectivity index (χ1) is 14.5. The molecule has 0 unspecified atom stereocenters.